The average Bonchev–Trinajstić information content (AvgIpc) is 2.95. The molecule has 1 aromatic rings. The van der Waals surface area contributed by atoms with Gasteiger partial charge in [-0.05, 0) is 43.4 Å². The Bertz CT molecular complexity index is 517. The second-order valence-electron chi connectivity index (χ2n) is 5.69. The summed E-state index contributed by atoms with van der Waals surface area (Å²) >= 11 is 6.07. The van der Waals surface area contributed by atoms with Crippen LogP contribution in [0, 0.1) is 18.8 Å². The van der Waals surface area contributed by atoms with Crippen LogP contribution in [0.1, 0.15) is 28.8 Å². The molecular formula is C15H18ClNO2. The van der Waals surface area contributed by atoms with Crippen LogP contribution in [0.4, 0.5) is 0 Å². The van der Waals surface area contributed by atoms with Crippen LogP contribution >= 0.6 is 11.6 Å². The van der Waals surface area contributed by atoms with Crippen LogP contribution in [0.15, 0.2) is 18.2 Å². The van der Waals surface area contributed by atoms with Gasteiger partial charge in [0.25, 0.3) is 5.91 Å². The monoisotopic (exact) mass is 279 g/mol. The van der Waals surface area contributed by atoms with Crippen LogP contribution < -0.4 is 0 Å². The molecule has 102 valence electrons. The Morgan fingerprint density at radius 3 is 2.89 bits per heavy atom. The molecule has 2 aliphatic rings. The van der Waals surface area contributed by atoms with E-state index in [4.69, 9.17) is 11.6 Å². The lowest BCUT2D eigenvalue weighted by Gasteiger charge is -2.19. The van der Waals surface area contributed by atoms with Gasteiger partial charge >= 0.3 is 0 Å². The maximum absolute atomic E-state index is 12.5. The third-order valence-corrected chi connectivity index (χ3v) is 5.01. The Morgan fingerprint density at radius 1 is 1.37 bits per heavy atom. The predicted molar refractivity (Wildman–Crippen MR) is 74.3 cm³/mol. The van der Waals surface area contributed by atoms with Crippen molar-refractivity contribution in [3.8, 4) is 0 Å². The van der Waals surface area contributed by atoms with Crippen LogP contribution in [0.25, 0.3) is 0 Å². The van der Waals surface area contributed by atoms with E-state index in [0.717, 1.165) is 24.9 Å². The number of fused-ring (bicyclic) bond motifs is 1. The number of carbonyl (C=O) groups is 1. The SMILES string of the molecule is Cc1c(Cl)cccc1C(=O)N1CC2CCC(O)C2C1. The van der Waals surface area contributed by atoms with Gasteiger partial charge in [0.1, 0.15) is 0 Å². The second kappa shape index (κ2) is 4.80. The van der Waals surface area contributed by atoms with Crippen molar-refractivity contribution >= 4 is 17.5 Å². The first kappa shape index (κ1) is 12.9. The van der Waals surface area contributed by atoms with E-state index >= 15 is 0 Å². The fourth-order valence-electron chi connectivity index (χ4n) is 3.41. The van der Waals surface area contributed by atoms with E-state index in [1.807, 2.05) is 24.0 Å². The zero-order valence-corrected chi connectivity index (χ0v) is 11.7. The molecule has 1 heterocycles. The molecule has 3 unspecified atom stereocenters. The van der Waals surface area contributed by atoms with E-state index in [1.165, 1.54) is 0 Å². The average molecular weight is 280 g/mol. The number of hydrogen-bond acceptors (Lipinski definition) is 2. The van der Waals surface area contributed by atoms with Crippen molar-refractivity contribution in [3.63, 3.8) is 0 Å². The summed E-state index contributed by atoms with van der Waals surface area (Å²) in [6.07, 6.45) is 1.68. The minimum Gasteiger partial charge on any atom is -0.393 e. The van der Waals surface area contributed by atoms with Gasteiger partial charge < -0.3 is 10.0 Å². The van der Waals surface area contributed by atoms with Crippen LogP contribution in [-0.4, -0.2) is 35.1 Å². The molecule has 0 aromatic heterocycles. The summed E-state index contributed by atoms with van der Waals surface area (Å²) in [4.78, 5) is 14.4. The number of carbonyl (C=O) groups excluding carboxylic acids is 1. The zero-order chi connectivity index (χ0) is 13.6. The molecule has 19 heavy (non-hydrogen) atoms. The van der Waals surface area contributed by atoms with Gasteiger partial charge in [0, 0.05) is 29.6 Å². The third kappa shape index (κ3) is 2.15. The second-order valence-corrected chi connectivity index (χ2v) is 6.10. The van der Waals surface area contributed by atoms with E-state index in [1.54, 1.807) is 6.07 Å². The summed E-state index contributed by atoms with van der Waals surface area (Å²) in [7, 11) is 0. The summed E-state index contributed by atoms with van der Waals surface area (Å²) in [6.45, 7) is 3.32. The fraction of sp³-hybridized carbons (Fsp3) is 0.533. The highest BCUT2D eigenvalue weighted by Gasteiger charge is 2.43. The highest BCUT2D eigenvalue weighted by Crippen LogP contribution is 2.38. The molecule has 3 nitrogen and oxygen atoms in total. The summed E-state index contributed by atoms with van der Waals surface area (Å²) in [5.41, 5.74) is 1.52. The first-order valence-electron chi connectivity index (χ1n) is 6.80. The molecular weight excluding hydrogens is 262 g/mol. The molecule has 1 amide bonds. The molecule has 1 aliphatic heterocycles. The molecule has 1 saturated carbocycles. The van der Waals surface area contributed by atoms with Crippen LogP contribution in [0.2, 0.25) is 5.02 Å². The van der Waals surface area contributed by atoms with Gasteiger partial charge in [-0.1, -0.05) is 17.7 Å². The Hall–Kier alpha value is -1.06. The Labute approximate surface area is 118 Å². The standard InChI is InChI=1S/C15H18ClNO2/c1-9-11(3-2-4-13(9)16)15(19)17-7-10-5-6-14(18)12(10)8-17/h2-4,10,12,14,18H,5-8H2,1H3. The number of likely N-dealkylation sites (tertiary alicyclic amines) is 1. The lowest BCUT2D eigenvalue weighted by molar-refractivity contribution is 0.0751. The highest BCUT2D eigenvalue weighted by atomic mass is 35.5. The number of rotatable bonds is 1. The molecule has 0 radical (unpaired) electrons. The van der Waals surface area contributed by atoms with E-state index in [9.17, 15) is 9.90 Å². The molecule has 2 fully saturated rings. The quantitative estimate of drug-likeness (QED) is 0.858. The topological polar surface area (TPSA) is 40.5 Å². The molecule has 4 heteroatoms. The highest BCUT2D eigenvalue weighted by molar-refractivity contribution is 6.31. The molecule has 1 N–H and O–H groups in total. The maximum atomic E-state index is 12.5. The van der Waals surface area contributed by atoms with Gasteiger partial charge in [0.05, 0.1) is 6.10 Å². The first-order valence-corrected chi connectivity index (χ1v) is 7.18. The van der Waals surface area contributed by atoms with Gasteiger partial charge in [-0.25, -0.2) is 0 Å². The Balaban J connectivity index is 1.81. The number of nitrogens with zero attached hydrogens (tertiary/aromatic N) is 1. The van der Waals surface area contributed by atoms with Crippen molar-refractivity contribution in [1.29, 1.82) is 0 Å². The number of aliphatic hydroxyl groups excluding tert-OH is 1. The van der Waals surface area contributed by atoms with Crippen LogP contribution in [0.5, 0.6) is 0 Å². The summed E-state index contributed by atoms with van der Waals surface area (Å²) in [6, 6.07) is 5.44. The minimum atomic E-state index is -0.233. The lowest BCUT2D eigenvalue weighted by Crippen LogP contribution is -2.31. The van der Waals surface area contributed by atoms with E-state index in [2.05, 4.69) is 0 Å². The number of benzene rings is 1. The van der Waals surface area contributed by atoms with Gasteiger partial charge in [-0.15, -0.1) is 0 Å². The zero-order valence-electron chi connectivity index (χ0n) is 11.0. The van der Waals surface area contributed by atoms with Gasteiger partial charge in [-0.2, -0.15) is 0 Å². The summed E-state index contributed by atoms with van der Waals surface area (Å²) < 4.78 is 0. The van der Waals surface area contributed by atoms with Crippen molar-refractivity contribution in [1.82, 2.24) is 4.90 Å². The normalized spacial score (nSPS) is 29.6. The number of amides is 1. The van der Waals surface area contributed by atoms with E-state index < -0.39 is 0 Å². The molecule has 3 atom stereocenters. The Kier molecular flexibility index (Phi) is 3.27. The number of hydrogen-bond donors (Lipinski definition) is 1. The number of aliphatic hydroxyl groups is 1. The van der Waals surface area contributed by atoms with Crippen molar-refractivity contribution in [2.45, 2.75) is 25.9 Å². The van der Waals surface area contributed by atoms with Crippen molar-refractivity contribution < 1.29 is 9.90 Å². The maximum Gasteiger partial charge on any atom is 0.254 e. The molecule has 1 aliphatic carbocycles. The Morgan fingerprint density at radius 2 is 2.16 bits per heavy atom. The van der Waals surface area contributed by atoms with Crippen molar-refractivity contribution in [3.05, 3.63) is 34.3 Å². The van der Waals surface area contributed by atoms with Gasteiger partial charge in [0.15, 0.2) is 0 Å². The van der Waals surface area contributed by atoms with Gasteiger partial charge in [0.2, 0.25) is 0 Å². The largest absolute Gasteiger partial charge is 0.393 e. The summed E-state index contributed by atoms with van der Waals surface area (Å²) in [5, 5.41) is 10.5. The van der Waals surface area contributed by atoms with E-state index in [0.29, 0.717) is 23.0 Å². The summed E-state index contributed by atoms with van der Waals surface area (Å²) in [5.74, 6) is 0.781. The molecule has 1 aromatic carbocycles. The van der Waals surface area contributed by atoms with Crippen LogP contribution in [0.3, 0.4) is 0 Å². The molecule has 3 rings (SSSR count). The predicted octanol–water partition coefficient (Wildman–Crippen LogP) is 2.49. The number of halogens is 1. The smallest absolute Gasteiger partial charge is 0.254 e. The lowest BCUT2D eigenvalue weighted by atomic mass is 10.00. The fourth-order valence-corrected chi connectivity index (χ4v) is 3.59. The molecule has 0 bridgehead atoms. The molecule has 1 saturated heterocycles. The van der Waals surface area contributed by atoms with Crippen LogP contribution in [-0.2, 0) is 0 Å². The van der Waals surface area contributed by atoms with Crippen molar-refractivity contribution in [2.75, 3.05) is 13.1 Å². The van der Waals surface area contributed by atoms with Crippen molar-refractivity contribution in [2.24, 2.45) is 11.8 Å². The third-order valence-electron chi connectivity index (χ3n) is 4.60. The molecule has 0 spiro atoms. The minimum absolute atomic E-state index is 0.0431. The van der Waals surface area contributed by atoms with Gasteiger partial charge in [-0.3, -0.25) is 4.79 Å². The van der Waals surface area contributed by atoms with E-state index in [-0.39, 0.29) is 17.9 Å². The first-order chi connectivity index (χ1) is 9.08.